The van der Waals surface area contributed by atoms with Crippen LogP contribution in [-0.4, -0.2) is 26.4 Å². The van der Waals surface area contributed by atoms with E-state index in [0.29, 0.717) is 21.8 Å². The Hall–Kier alpha value is -2.51. The van der Waals surface area contributed by atoms with Crippen molar-refractivity contribution < 1.29 is 9.53 Å². The smallest absolute Gasteiger partial charge is 0.234 e. The number of hydrogen-bond donors (Lipinski definition) is 1. The monoisotopic (exact) mass is 430 g/mol. The Kier molecular flexibility index (Phi) is 6.82. The summed E-state index contributed by atoms with van der Waals surface area (Å²) >= 11 is 7.54. The van der Waals surface area contributed by atoms with E-state index in [1.54, 1.807) is 0 Å². The van der Waals surface area contributed by atoms with E-state index in [-0.39, 0.29) is 17.8 Å². The van der Waals surface area contributed by atoms with Crippen molar-refractivity contribution in [3.05, 3.63) is 64.4 Å². The van der Waals surface area contributed by atoms with E-state index in [1.165, 1.54) is 11.8 Å². The molecule has 3 aromatic rings. The molecule has 1 N–H and O–H groups in total. The number of ether oxygens (including phenoxy) is 1. The number of nitrogens with one attached hydrogen (secondary N) is 1. The molecule has 0 saturated carbocycles. The average Bonchev–Trinajstić information content (AvgIpc) is 3.05. The number of nitrogens with zero attached hydrogens (tertiary/aromatic N) is 3. The standard InChI is InChI=1S/C21H23ClN4O2S/c1-13-9-10-16(22)18(11-13)28-15(3)20-24-25-21(26(20)4)29-12-19(27)23-17-8-6-5-7-14(17)2/h5-11,15H,12H2,1-4H3,(H,23,27). The second kappa shape index (κ2) is 9.33. The van der Waals surface area contributed by atoms with E-state index in [0.717, 1.165) is 16.8 Å². The van der Waals surface area contributed by atoms with Crippen molar-refractivity contribution in [1.29, 1.82) is 0 Å². The minimum absolute atomic E-state index is 0.0929. The maximum Gasteiger partial charge on any atom is 0.234 e. The van der Waals surface area contributed by atoms with E-state index >= 15 is 0 Å². The molecule has 0 saturated heterocycles. The third-order valence-corrected chi connectivity index (χ3v) is 5.71. The van der Waals surface area contributed by atoms with E-state index in [9.17, 15) is 4.79 Å². The summed E-state index contributed by atoms with van der Waals surface area (Å²) in [6.45, 7) is 5.83. The number of rotatable bonds is 7. The van der Waals surface area contributed by atoms with E-state index in [4.69, 9.17) is 16.3 Å². The summed E-state index contributed by atoms with van der Waals surface area (Å²) in [5.41, 5.74) is 2.90. The van der Waals surface area contributed by atoms with Gasteiger partial charge in [-0.25, -0.2) is 0 Å². The maximum absolute atomic E-state index is 12.3. The first-order valence-corrected chi connectivity index (χ1v) is 10.5. The number of hydrogen-bond acceptors (Lipinski definition) is 5. The number of anilines is 1. The molecule has 8 heteroatoms. The van der Waals surface area contributed by atoms with Crippen molar-refractivity contribution in [2.75, 3.05) is 11.1 Å². The van der Waals surface area contributed by atoms with Gasteiger partial charge < -0.3 is 14.6 Å². The van der Waals surface area contributed by atoms with Crippen molar-refractivity contribution in [3.8, 4) is 5.75 Å². The molecule has 0 fully saturated rings. The van der Waals surface area contributed by atoms with Crippen LogP contribution in [0, 0.1) is 13.8 Å². The first-order chi connectivity index (χ1) is 13.8. The van der Waals surface area contributed by atoms with Crippen LogP contribution in [0.4, 0.5) is 5.69 Å². The van der Waals surface area contributed by atoms with Crippen LogP contribution in [0.15, 0.2) is 47.6 Å². The molecule has 1 atom stereocenters. The first-order valence-electron chi connectivity index (χ1n) is 9.15. The third kappa shape index (κ3) is 5.31. The van der Waals surface area contributed by atoms with Crippen LogP contribution in [0.1, 0.15) is 30.0 Å². The van der Waals surface area contributed by atoms with E-state index < -0.39 is 0 Å². The Morgan fingerprint density at radius 3 is 2.76 bits per heavy atom. The highest BCUT2D eigenvalue weighted by Gasteiger charge is 2.19. The normalized spacial score (nSPS) is 11.9. The van der Waals surface area contributed by atoms with Gasteiger partial charge in [0, 0.05) is 12.7 Å². The minimum Gasteiger partial charge on any atom is -0.481 e. The lowest BCUT2D eigenvalue weighted by Crippen LogP contribution is -2.15. The summed E-state index contributed by atoms with van der Waals surface area (Å²) in [6.07, 6.45) is -0.345. The van der Waals surface area contributed by atoms with Crippen LogP contribution in [0.2, 0.25) is 5.02 Å². The molecule has 0 spiro atoms. The number of para-hydroxylation sites is 1. The van der Waals surface area contributed by atoms with Crippen molar-refractivity contribution in [3.63, 3.8) is 0 Å². The van der Waals surface area contributed by atoms with Crippen LogP contribution in [-0.2, 0) is 11.8 Å². The Morgan fingerprint density at radius 1 is 1.24 bits per heavy atom. The molecule has 1 aromatic heterocycles. The third-order valence-electron chi connectivity index (χ3n) is 4.37. The summed E-state index contributed by atoms with van der Waals surface area (Å²) in [5, 5.41) is 12.5. The number of thioether (sulfide) groups is 1. The van der Waals surface area contributed by atoms with Gasteiger partial charge in [0.15, 0.2) is 17.1 Å². The molecule has 2 aromatic carbocycles. The quantitative estimate of drug-likeness (QED) is 0.536. The highest BCUT2D eigenvalue weighted by atomic mass is 35.5. The number of aryl methyl sites for hydroxylation is 2. The molecule has 1 amide bonds. The Bertz CT molecular complexity index is 1020. The van der Waals surface area contributed by atoms with Crippen molar-refractivity contribution >= 4 is 35.0 Å². The molecule has 0 aliphatic heterocycles. The lowest BCUT2D eigenvalue weighted by molar-refractivity contribution is -0.113. The van der Waals surface area contributed by atoms with Gasteiger partial charge >= 0.3 is 0 Å². The summed E-state index contributed by atoms with van der Waals surface area (Å²) < 4.78 is 7.81. The lowest BCUT2D eigenvalue weighted by Gasteiger charge is -2.15. The SMILES string of the molecule is Cc1ccc(Cl)c(OC(C)c2nnc(SCC(=O)Nc3ccccc3C)n2C)c1. The van der Waals surface area contributed by atoms with Gasteiger partial charge in [-0.05, 0) is 50.1 Å². The molecular weight excluding hydrogens is 408 g/mol. The second-order valence-corrected chi connectivity index (χ2v) is 8.10. The summed E-state index contributed by atoms with van der Waals surface area (Å²) in [4.78, 5) is 12.3. The first kappa shape index (κ1) is 21.2. The second-order valence-electron chi connectivity index (χ2n) is 6.75. The number of benzene rings is 2. The predicted octanol–water partition coefficient (Wildman–Crippen LogP) is 4.96. The van der Waals surface area contributed by atoms with Gasteiger partial charge in [0.05, 0.1) is 10.8 Å². The van der Waals surface area contributed by atoms with Gasteiger partial charge in [-0.2, -0.15) is 0 Å². The van der Waals surface area contributed by atoms with Crippen molar-refractivity contribution in [2.24, 2.45) is 7.05 Å². The van der Waals surface area contributed by atoms with Gasteiger partial charge in [0.1, 0.15) is 5.75 Å². The summed E-state index contributed by atoms with van der Waals surface area (Å²) in [6, 6.07) is 13.3. The van der Waals surface area contributed by atoms with E-state index in [2.05, 4.69) is 15.5 Å². The molecule has 1 heterocycles. The number of halogens is 1. The summed E-state index contributed by atoms with van der Waals surface area (Å²) in [5.74, 6) is 1.40. The number of carbonyl (C=O) groups excluding carboxylic acids is 1. The molecule has 0 bridgehead atoms. The maximum atomic E-state index is 12.3. The number of carbonyl (C=O) groups is 1. The number of amides is 1. The molecule has 3 rings (SSSR count). The average molecular weight is 431 g/mol. The summed E-state index contributed by atoms with van der Waals surface area (Å²) in [7, 11) is 1.86. The zero-order chi connectivity index (χ0) is 21.0. The van der Waals surface area contributed by atoms with Gasteiger partial charge in [-0.1, -0.05) is 47.6 Å². The zero-order valence-electron chi connectivity index (χ0n) is 16.8. The molecule has 29 heavy (non-hydrogen) atoms. The molecule has 0 aliphatic rings. The van der Waals surface area contributed by atoms with Crippen LogP contribution in [0.3, 0.4) is 0 Å². The fraction of sp³-hybridized carbons (Fsp3) is 0.286. The van der Waals surface area contributed by atoms with Crippen LogP contribution in [0.25, 0.3) is 0 Å². The van der Waals surface area contributed by atoms with Crippen LogP contribution < -0.4 is 10.1 Å². The Morgan fingerprint density at radius 2 is 2.00 bits per heavy atom. The largest absolute Gasteiger partial charge is 0.481 e. The van der Waals surface area contributed by atoms with Gasteiger partial charge in [-0.3, -0.25) is 4.79 Å². The molecule has 0 aliphatic carbocycles. The van der Waals surface area contributed by atoms with Gasteiger partial charge in [0.25, 0.3) is 0 Å². The van der Waals surface area contributed by atoms with Crippen LogP contribution >= 0.6 is 23.4 Å². The van der Waals surface area contributed by atoms with Crippen LogP contribution in [0.5, 0.6) is 5.75 Å². The topological polar surface area (TPSA) is 69.0 Å². The lowest BCUT2D eigenvalue weighted by atomic mass is 10.2. The molecule has 1 unspecified atom stereocenters. The molecular formula is C21H23ClN4O2S. The highest BCUT2D eigenvalue weighted by molar-refractivity contribution is 7.99. The highest BCUT2D eigenvalue weighted by Crippen LogP contribution is 2.30. The molecule has 6 nitrogen and oxygen atoms in total. The fourth-order valence-corrected chi connectivity index (χ4v) is 3.66. The number of aromatic nitrogens is 3. The van der Waals surface area contributed by atoms with Gasteiger partial charge in [0.2, 0.25) is 5.91 Å². The van der Waals surface area contributed by atoms with Gasteiger partial charge in [-0.15, -0.1) is 10.2 Å². The molecule has 152 valence electrons. The predicted molar refractivity (Wildman–Crippen MR) is 117 cm³/mol. The van der Waals surface area contributed by atoms with E-state index in [1.807, 2.05) is 74.9 Å². The van der Waals surface area contributed by atoms with Crippen molar-refractivity contribution in [1.82, 2.24) is 14.8 Å². The Labute approximate surface area is 179 Å². The minimum atomic E-state index is -0.345. The van der Waals surface area contributed by atoms with Crippen molar-refractivity contribution in [2.45, 2.75) is 32.0 Å². The molecule has 0 radical (unpaired) electrons. The Balaban J connectivity index is 1.62. The fourth-order valence-electron chi connectivity index (χ4n) is 2.78. The zero-order valence-corrected chi connectivity index (χ0v) is 18.3.